The van der Waals surface area contributed by atoms with Crippen molar-refractivity contribution >= 4 is 32.6 Å². The molecular formula is C18H21N3O4S. The van der Waals surface area contributed by atoms with Crippen LogP contribution in [0.4, 0.5) is 0 Å². The second-order valence-electron chi connectivity index (χ2n) is 6.93. The zero-order valence-corrected chi connectivity index (χ0v) is 15.3. The molecule has 3 heterocycles. The van der Waals surface area contributed by atoms with Crippen LogP contribution in [-0.2, 0) is 14.6 Å². The number of H-pyrrole nitrogens is 1. The topological polar surface area (TPSA) is 90.6 Å². The first-order valence-corrected chi connectivity index (χ1v) is 10.6. The minimum absolute atomic E-state index is 0.0575. The zero-order chi connectivity index (χ0) is 18.5. The molecule has 7 nitrogen and oxygen atoms in total. The molecule has 8 heteroatoms. The van der Waals surface area contributed by atoms with Crippen LogP contribution in [0.25, 0.3) is 10.9 Å². The summed E-state index contributed by atoms with van der Waals surface area (Å²) < 4.78 is 24.4. The van der Waals surface area contributed by atoms with Crippen LogP contribution >= 0.6 is 0 Å². The SMILES string of the molecule is CCC(=O)N1CCN(C(=O)c2ccc3[nH]ccc3c2)[C@H]2CS(=O)(=O)C[C@H]21. The molecule has 4 rings (SSSR count). The molecule has 0 saturated carbocycles. The normalized spacial score (nSPS) is 24.7. The van der Waals surface area contributed by atoms with E-state index in [4.69, 9.17) is 0 Å². The number of aromatic nitrogens is 1. The number of hydrogen-bond donors (Lipinski definition) is 1. The predicted molar refractivity (Wildman–Crippen MR) is 97.6 cm³/mol. The van der Waals surface area contributed by atoms with Crippen molar-refractivity contribution in [2.24, 2.45) is 0 Å². The highest BCUT2D eigenvalue weighted by molar-refractivity contribution is 7.91. The van der Waals surface area contributed by atoms with Gasteiger partial charge in [-0.15, -0.1) is 0 Å². The molecule has 2 fully saturated rings. The van der Waals surface area contributed by atoms with Crippen LogP contribution in [0.2, 0.25) is 0 Å². The van der Waals surface area contributed by atoms with Crippen LogP contribution in [0.3, 0.4) is 0 Å². The first kappa shape index (κ1) is 17.1. The summed E-state index contributed by atoms with van der Waals surface area (Å²) >= 11 is 0. The number of sulfone groups is 1. The monoisotopic (exact) mass is 375 g/mol. The molecule has 2 saturated heterocycles. The third-order valence-corrected chi connectivity index (χ3v) is 7.06. The van der Waals surface area contributed by atoms with Crippen molar-refractivity contribution in [3.05, 3.63) is 36.0 Å². The summed E-state index contributed by atoms with van der Waals surface area (Å²) in [5, 5.41) is 0.936. The Bertz CT molecular complexity index is 981. The van der Waals surface area contributed by atoms with Gasteiger partial charge in [0.2, 0.25) is 5.91 Å². The minimum atomic E-state index is -3.27. The number of carbonyl (C=O) groups excluding carboxylic acids is 2. The van der Waals surface area contributed by atoms with Crippen LogP contribution in [0, 0.1) is 0 Å². The number of piperazine rings is 1. The molecule has 26 heavy (non-hydrogen) atoms. The van der Waals surface area contributed by atoms with E-state index < -0.39 is 21.9 Å². The van der Waals surface area contributed by atoms with Gasteiger partial charge in [-0.1, -0.05) is 6.92 Å². The number of hydrogen-bond acceptors (Lipinski definition) is 4. The number of carbonyl (C=O) groups is 2. The molecule has 1 aromatic heterocycles. The highest BCUT2D eigenvalue weighted by atomic mass is 32.2. The Kier molecular flexibility index (Phi) is 4.02. The van der Waals surface area contributed by atoms with E-state index in [0.717, 1.165) is 10.9 Å². The number of rotatable bonds is 2. The molecule has 2 aliphatic rings. The van der Waals surface area contributed by atoms with Gasteiger partial charge in [-0.2, -0.15) is 0 Å². The van der Waals surface area contributed by atoms with Crippen molar-refractivity contribution in [1.29, 1.82) is 0 Å². The highest BCUT2D eigenvalue weighted by Gasteiger charge is 2.49. The Morgan fingerprint density at radius 1 is 1.12 bits per heavy atom. The molecule has 0 radical (unpaired) electrons. The molecule has 2 amide bonds. The third-order valence-electron chi connectivity index (χ3n) is 5.36. The van der Waals surface area contributed by atoms with E-state index in [0.29, 0.717) is 25.1 Å². The molecule has 2 atom stereocenters. The fourth-order valence-electron chi connectivity index (χ4n) is 4.07. The van der Waals surface area contributed by atoms with Crippen molar-refractivity contribution in [2.75, 3.05) is 24.6 Å². The van der Waals surface area contributed by atoms with E-state index in [-0.39, 0.29) is 23.3 Å². The molecule has 1 aromatic carbocycles. The number of amides is 2. The van der Waals surface area contributed by atoms with Crippen molar-refractivity contribution in [1.82, 2.24) is 14.8 Å². The number of nitrogens with zero attached hydrogens (tertiary/aromatic N) is 2. The maximum atomic E-state index is 13.1. The van der Waals surface area contributed by atoms with E-state index >= 15 is 0 Å². The molecule has 1 N–H and O–H groups in total. The molecule has 0 spiro atoms. The van der Waals surface area contributed by atoms with Gasteiger partial charge in [-0.05, 0) is 24.3 Å². The van der Waals surface area contributed by atoms with Crippen LogP contribution in [-0.4, -0.2) is 71.7 Å². The number of fused-ring (bicyclic) bond motifs is 2. The van der Waals surface area contributed by atoms with Gasteiger partial charge >= 0.3 is 0 Å². The second-order valence-corrected chi connectivity index (χ2v) is 9.08. The lowest BCUT2D eigenvalue weighted by molar-refractivity contribution is -0.135. The van der Waals surface area contributed by atoms with Crippen LogP contribution in [0.5, 0.6) is 0 Å². The van der Waals surface area contributed by atoms with Crippen LogP contribution in [0.15, 0.2) is 30.5 Å². The quantitative estimate of drug-likeness (QED) is 0.849. The lowest BCUT2D eigenvalue weighted by Gasteiger charge is -2.43. The van der Waals surface area contributed by atoms with Crippen LogP contribution < -0.4 is 0 Å². The van der Waals surface area contributed by atoms with Crippen molar-refractivity contribution in [3.63, 3.8) is 0 Å². The van der Waals surface area contributed by atoms with E-state index in [2.05, 4.69) is 4.98 Å². The third kappa shape index (κ3) is 2.78. The maximum Gasteiger partial charge on any atom is 0.254 e. The Morgan fingerprint density at radius 2 is 1.81 bits per heavy atom. The fourth-order valence-corrected chi connectivity index (χ4v) is 6.05. The fraction of sp³-hybridized carbons (Fsp3) is 0.444. The first-order chi connectivity index (χ1) is 12.4. The summed E-state index contributed by atoms with van der Waals surface area (Å²) in [6.45, 7) is 2.50. The number of benzene rings is 1. The van der Waals surface area contributed by atoms with Gasteiger partial charge in [0, 0.05) is 42.2 Å². The van der Waals surface area contributed by atoms with Crippen molar-refractivity contribution < 1.29 is 18.0 Å². The standard InChI is InChI=1S/C18H21N3O4S/c1-2-17(22)20-7-8-21(16-11-26(24,25)10-15(16)20)18(23)13-3-4-14-12(9-13)5-6-19-14/h3-6,9,15-16,19H,2,7-8,10-11H2,1H3/t15-,16+/m1/s1. The Labute approximate surface area is 151 Å². The lowest BCUT2D eigenvalue weighted by atomic mass is 10.0. The van der Waals surface area contributed by atoms with Gasteiger partial charge in [0.15, 0.2) is 9.84 Å². The Morgan fingerprint density at radius 3 is 2.54 bits per heavy atom. The summed E-state index contributed by atoms with van der Waals surface area (Å²) in [5.41, 5.74) is 1.48. The molecule has 2 aliphatic heterocycles. The van der Waals surface area contributed by atoms with Crippen LogP contribution in [0.1, 0.15) is 23.7 Å². The van der Waals surface area contributed by atoms with E-state index in [1.54, 1.807) is 22.8 Å². The van der Waals surface area contributed by atoms with Crippen molar-refractivity contribution in [3.8, 4) is 0 Å². The Hall–Kier alpha value is -2.35. The van der Waals surface area contributed by atoms with E-state index in [1.165, 1.54) is 0 Å². The first-order valence-electron chi connectivity index (χ1n) is 8.77. The van der Waals surface area contributed by atoms with Gasteiger partial charge in [-0.3, -0.25) is 9.59 Å². The molecule has 138 valence electrons. The van der Waals surface area contributed by atoms with Gasteiger partial charge in [0.05, 0.1) is 23.6 Å². The molecule has 0 aliphatic carbocycles. The van der Waals surface area contributed by atoms with Gasteiger partial charge in [0.25, 0.3) is 5.91 Å². The second kappa shape index (κ2) is 6.12. The summed E-state index contributed by atoms with van der Waals surface area (Å²) in [5.74, 6) is -0.380. The van der Waals surface area contributed by atoms with Gasteiger partial charge < -0.3 is 14.8 Å². The largest absolute Gasteiger partial charge is 0.361 e. The number of aromatic amines is 1. The molecule has 0 unspecified atom stereocenters. The summed E-state index contributed by atoms with van der Waals surface area (Å²) in [4.78, 5) is 31.7. The molecule has 2 aromatic rings. The molecular weight excluding hydrogens is 354 g/mol. The lowest BCUT2D eigenvalue weighted by Crippen LogP contribution is -2.61. The molecule has 0 bridgehead atoms. The summed E-state index contributed by atoms with van der Waals surface area (Å²) in [7, 11) is -3.27. The zero-order valence-electron chi connectivity index (χ0n) is 14.5. The summed E-state index contributed by atoms with van der Waals surface area (Å²) in [6, 6.07) is 6.40. The maximum absolute atomic E-state index is 13.1. The number of nitrogens with one attached hydrogen (secondary N) is 1. The van der Waals surface area contributed by atoms with E-state index in [9.17, 15) is 18.0 Å². The highest BCUT2D eigenvalue weighted by Crippen LogP contribution is 2.29. The summed E-state index contributed by atoms with van der Waals surface area (Å²) in [6.07, 6.45) is 2.15. The van der Waals surface area contributed by atoms with E-state index in [1.807, 2.05) is 24.4 Å². The average molecular weight is 375 g/mol. The van der Waals surface area contributed by atoms with Gasteiger partial charge in [-0.25, -0.2) is 8.42 Å². The van der Waals surface area contributed by atoms with Crippen molar-refractivity contribution in [2.45, 2.75) is 25.4 Å². The van der Waals surface area contributed by atoms with Gasteiger partial charge in [0.1, 0.15) is 0 Å². The Balaban J connectivity index is 1.66. The minimum Gasteiger partial charge on any atom is -0.361 e. The smallest absolute Gasteiger partial charge is 0.254 e. The average Bonchev–Trinajstić information content (AvgIpc) is 3.21. The predicted octanol–water partition coefficient (Wildman–Crippen LogP) is 1.03.